The van der Waals surface area contributed by atoms with E-state index in [2.05, 4.69) is 15.0 Å². The van der Waals surface area contributed by atoms with Gasteiger partial charge in [-0.3, -0.25) is 9.36 Å². The third kappa shape index (κ3) is 7.42. The van der Waals surface area contributed by atoms with Crippen LogP contribution in [0.3, 0.4) is 0 Å². The average molecular weight is 468 g/mol. The number of aromatic nitrogens is 4. The normalized spacial score (nSPS) is 16.1. The lowest BCUT2D eigenvalue weighted by Crippen LogP contribution is -2.45. The smallest absolute Gasteiger partial charge is 0.382 e. The Labute approximate surface area is 175 Å². The standard InChI is InChI=1S/C16H24F3N6O5P/c1-3-4-11(24-15(26)16(17,18)19)6-30-31(27,28)9-29-10(2)5-25-8-23-12-13(20)21-7-22-14(12)25/h7-8,10-11H,3-6,9H2,1-2H3,(H,24,26)(H,27,28)(H2,20,21,22)/t10?,11-/m1/s1. The molecule has 0 aliphatic carbocycles. The summed E-state index contributed by atoms with van der Waals surface area (Å²) in [5.41, 5.74) is 6.59. The van der Waals surface area contributed by atoms with Gasteiger partial charge in [-0.15, -0.1) is 0 Å². The number of carbonyl (C=O) groups excluding carboxylic acids is 1. The van der Waals surface area contributed by atoms with Gasteiger partial charge in [0.1, 0.15) is 18.2 Å². The zero-order valence-electron chi connectivity index (χ0n) is 16.9. The summed E-state index contributed by atoms with van der Waals surface area (Å²) in [6.07, 6.45) is -2.98. The van der Waals surface area contributed by atoms with Crippen LogP contribution in [0.5, 0.6) is 0 Å². The molecule has 11 nitrogen and oxygen atoms in total. The van der Waals surface area contributed by atoms with Crippen molar-refractivity contribution in [1.82, 2.24) is 24.8 Å². The number of imidazole rings is 1. The molecule has 31 heavy (non-hydrogen) atoms. The summed E-state index contributed by atoms with van der Waals surface area (Å²) in [4.78, 5) is 33.0. The molecule has 2 aromatic heterocycles. The van der Waals surface area contributed by atoms with Gasteiger partial charge in [0.25, 0.3) is 0 Å². The van der Waals surface area contributed by atoms with Crippen molar-refractivity contribution in [3.8, 4) is 0 Å². The zero-order valence-corrected chi connectivity index (χ0v) is 17.8. The zero-order chi connectivity index (χ0) is 23.2. The van der Waals surface area contributed by atoms with Crippen LogP contribution in [-0.2, 0) is 25.2 Å². The topological polar surface area (TPSA) is 154 Å². The molecule has 0 aromatic carbocycles. The molecule has 0 bridgehead atoms. The molecule has 2 aromatic rings. The molecule has 0 fully saturated rings. The lowest BCUT2D eigenvalue weighted by atomic mass is 10.2. The number of nitrogens with zero attached hydrogens (tertiary/aromatic N) is 4. The van der Waals surface area contributed by atoms with E-state index >= 15 is 0 Å². The maximum atomic E-state index is 12.4. The largest absolute Gasteiger partial charge is 0.471 e. The summed E-state index contributed by atoms with van der Waals surface area (Å²) in [6, 6.07) is -1.07. The summed E-state index contributed by atoms with van der Waals surface area (Å²) in [7, 11) is -4.28. The van der Waals surface area contributed by atoms with E-state index in [1.165, 1.54) is 12.7 Å². The van der Waals surface area contributed by atoms with E-state index in [0.29, 0.717) is 17.6 Å². The molecule has 4 N–H and O–H groups in total. The van der Waals surface area contributed by atoms with Crippen LogP contribution in [0.25, 0.3) is 11.2 Å². The van der Waals surface area contributed by atoms with E-state index in [-0.39, 0.29) is 18.8 Å². The number of nitrogens with two attached hydrogens (primary N) is 1. The van der Waals surface area contributed by atoms with Crippen molar-refractivity contribution >= 4 is 30.5 Å². The highest BCUT2D eigenvalue weighted by Crippen LogP contribution is 2.42. The molecule has 1 amide bonds. The third-order valence-electron chi connectivity index (χ3n) is 4.11. The van der Waals surface area contributed by atoms with E-state index in [1.54, 1.807) is 23.7 Å². The molecule has 0 saturated heterocycles. The van der Waals surface area contributed by atoms with Gasteiger partial charge < -0.3 is 29.8 Å². The van der Waals surface area contributed by atoms with E-state index in [1.807, 2.05) is 0 Å². The van der Waals surface area contributed by atoms with Crippen LogP contribution in [-0.4, -0.2) is 61.6 Å². The number of nitrogens with one attached hydrogen (secondary N) is 1. The average Bonchev–Trinajstić information content (AvgIpc) is 3.08. The number of nitrogen functional groups attached to an aromatic ring is 1. The van der Waals surface area contributed by atoms with Crippen molar-refractivity contribution in [3.63, 3.8) is 0 Å². The maximum Gasteiger partial charge on any atom is 0.471 e. The summed E-state index contributed by atoms with van der Waals surface area (Å²) in [5, 5.41) is 1.75. The highest BCUT2D eigenvalue weighted by Gasteiger charge is 2.39. The minimum atomic E-state index is -5.06. The van der Waals surface area contributed by atoms with Crippen LogP contribution in [0.4, 0.5) is 19.0 Å². The first-order valence-electron chi connectivity index (χ1n) is 9.30. The Balaban J connectivity index is 1.87. The van der Waals surface area contributed by atoms with Gasteiger partial charge in [0.15, 0.2) is 11.5 Å². The first-order chi connectivity index (χ1) is 14.4. The van der Waals surface area contributed by atoms with Gasteiger partial charge in [-0.25, -0.2) is 15.0 Å². The number of fused-ring (bicyclic) bond motifs is 1. The van der Waals surface area contributed by atoms with Crippen LogP contribution in [0.15, 0.2) is 12.7 Å². The fourth-order valence-corrected chi connectivity index (χ4v) is 3.57. The van der Waals surface area contributed by atoms with Gasteiger partial charge in [-0.2, -0.15) is 13.2 Å². The summed E-state index contributed by atoms with van der Waals surface area (Å²) in [6.45, 7) is 2.99. The summed E-state index contributed by atoms with van der Waals surface area (Å²) in [5.74, 6) is -1.92. The van der Waals surface area contributed by atoms with E-state index < -0.39 is 44.8 Å². The van der Waals surface area contributed by atoms with Crippen LogP contribution < -0.4 is 11.1 Å². The maximum absolute atomic E-state index is 12.4. The van der Waals surface area contributed by atoms with E-state index in [4.69, 9.17) is 15.0 Å². The van der Waals surface area contributed by atoms with Crippen molar-refractivity contribution in [1.29, 1.82) is 0 Å². The monoisotopic (exact) mass is 468 g/mol. The van der Waals surface area contributed by atoms with E-state index in [9.17, 15) is 27.4 Å². The van der Waals surface area contributed by atoms with Gasteiger partial charge in [0.05, 0.1) is 31.6 Å². The van der Waals surface area contributed by atoms with Crippen LogP contribution in [0.2, 0.25) is 0 Å². The Bertz CT molecular complexity index is 940. The molecule has 0 saturated carbocycles. The molecular weight excluding hydrogens is 444 g/mol. The van der Waals surface area contributed by atoms with Crippen LogP contribution in [0, 0.1) is 0 Å². The van der Waals surface area contributed by atoms with Gasteiger partial charge in [-0.1, -0.05) is 13.3 Å². The summed E-state index contributed by atoms with van der Waals surface area (Å²) >= 11 is 0. The Morgan fingerprint density at radius 1 is 1.39 bits per heavy atom. The van der Waals surface area contributed by atoms with Crippen molar-refractivity contribution in [3.05, 3.63) is 12.7 Å². The molecule has 2 heterocycles. The van der Waals surface area contributed by atoms with Crippen molar-refractivity contribution in [2.45, 2.75) is 51.6 Å². The third-order valence-corrected chi connectivity index (χ3v) is 5.14. The lowest BCUT2D eigenvalue weighted by molar-refractivity contribution is -0.174. The number of halogens is 3. The van der Waals surface area contributed by atoms with Gasteiger partial charge in [0.2, 0.25) is 0 Å². The first kappa shape index (κ1) is 25.0. The Morgan fingerprint density at radius 3 is 2.74 bits per heavy atom. The molecule has 0 radical (unpaired) electrons. The molecule has 2 unspecified atom stereocenters. The Hall–Kier alpha value is -2.28. The number of amides is 1. The van der Waals surface area contributed by atoms with Gasteiger partial charge in [0, 0.05) is 0 Å². The summed E-state index contributed by atoms with van der Waals surface area (Å²) < 4.78 is 61.3. The SMILES string of the molecule is CCC[C@H](COP(=O)(O)COC(C)Cn1cnc2c(N)ncnc21)NC(=O)C(F)(F)F. The number of hydrogen-bond acceptors (Lipinski definition) is 8. The molecule has 2 rings (SSSR count). The first-order valence-corrected chi connectivity index (χ1v) is 11.1. The predicted molar refractivity (Wildman–Crippen MR) is 104 cm³/mol. The number of alkyl halides is 3. The predicted octanol–water partition coefficient (Wildman–Crippen LogP) is 1.82. The second kappa shape index (κ2) is 10.4. The van der Waals surface area contributed by atoms with Crippen LogP contribution in [0.1, 0.15) is 26.7 Å². The van der Waals surface area contributed by atoms with Crippen LogP contribution >= 0.6 is 7.60 Å². The number of carbonyl (C=O) groups is 1. The van der Waals surface area contributed by atoms with Crippen molar-refractivity contribution < 1.29 is 36.7 Å². The fourth-order valence-electron chi connectivity index (χ4n) is 2.64. The van der Waals surface area contributed by atoms with E-state index in [0.717, 1.165) is 0 Å². The number of hydrogen-bond donors (Lipinski definition) is 3. The van der Waals surface area contributed by atoms with Gasteiger partial charge >= 0.3 is 19.7 Å². The minimum Gasteiger partial charge on any atom is -0.382 e. The molecular formula is C16H24F3N6O5P. The number of rotatable bonds is 11. The second-order valence-electron chi connectivity index (χ2n) is 6.82. The number of anilines is 1. The highest BCUT2D eigenvalue weighted by molar-refractivity contribution is 7.52. The molecule has 174 valence electrons. The van der Waals surface area contributed by atoms with Gasteiger partial charge in [-0.05, 0) is 13.3 Å². The Morgan fingerprint density at radius 2 is 2.10 bits per heavy atom. The highest BCUT2D eigenvalue weighted by atomic mass is 31.2. The molecule has 15 heteroatoms. The fraction of sp³-hybridized carbons (Fsp3) is 0.625. The Kier molecular flexibility index (Phi) is 8.34. The van der Waals surface area contributed by atoms with Crippen molar-refractivity contribution in [2.75, 3.05) is 18.7 Å². The minimum absolute atomic E-state index is 0.137. The molecule has 0 aliphatic heterocycles. The van der Waals surface area contributed by atoms with Crippen molar-refractivity contribution in [2.24, 2.45) is 0 Å². The number of ether oxygens (including phenoxy) is 1. The molecule has 0 aliphatic rings. The quantitative estimate of drug-likeness (QED) is 0.419. The molecule has 0 spiro atoms. The lowest BCUT2D eigenvalue weighted by Gasteiger charge is -2.22. The molecule has 3 atom stereocenters. The second-order valence-corrected chi connectivity index (χ2v) is 8.62.